The zero-order chi connectivity index (χ0) is 21.1. The van der Waals surface area contributed by atoms with Crippen LogP contribution in [0.1, 0.15) is 22.6 Å². The van der Waals surface area contributed by atoms with Crippen LogP contribution < -0.4 is 15.8 Å². The van der Waals surface area contributed by atoms with Crippen LogP contribution in [-0.2, 0) is 16.0 Å². The van der Waals surface area contributed by atoms with Gasteiger partial charge in [-0.15, -0.1) is 0 Å². The monoisotopic (exact) mass is 403 g/mol. The fourth-order valence-electron chi connectivity index (χ4n) is 3.82. The van der Waals surface area contributed by atoms with Crippen molar-refractivity contribution < 1.29 is 19.1 Å². The Balaban J connectivity index is 1.43. The van der Waals surface area contributed by atoms with Gasteiger partial charge >= 0.3 is 6.09 Å². The van der Waals surface area contributed by atoms with Crippen LogP contribution in [-0.4, -0.2) is 24.6 Å². The van der Waals surface area contributed by atoms with Gasteiger partial charge in [0.15, 0.2) is 12.4 Å². The number of ether oxygens (including phenoxy) is 1. The summed E-state index contributed by atoms with van der Waals surface area (Å²) in [5.41, 5.74) is 10.6. The second-order valence-electron chi connectivity index (χ2n) is 7.20. The molecule has 0 bridgehead atoms. The number of pyridine rings is 1. The molecule has 0 saturated carbocycles. The third-order valence-electron chi connectivity index (χ3n) is 5.29. The van der Waals surface area contributed by atoms with Crippen LogP contribution in [0.5, 0.6) is 0 Å². The van der Waals surface area contributed by atoms with Gasteiger partial charge in [0.25, 0.3) is 0 Å². The number of primary amides is 1. The summed E-state index contributed by atoms with van der Waals surface area (Å²) in [6, 6.07) is 18.3. The number of hydrogen-bond acceptors (Lipinski definition) is 4. The van der Waals surface area contributed by atoms with E-state index >= 15 is 0 Å². The average Bonchev–Trinajstić information content (AvgIpc) is 3.07. The Morgan fingerprint density at radius 2 is 1.57 bits per heavy atom. The summed E-state index contributed by atoms with van der Waals surface area (Å²) in [7, 11) is 0. The van der Waals surface area contributed by atoms with Crippen LogP contribution >= 0.6 is 0 Å². The van der Waals surface area contributed by atoms with Crippen molar-refractivity contribution in [1.82, 2.24) is 5.32 Å². The molecule has 0 aliphatic heterocycles. The molecule has 2 amide bonds. The molecular weight excluding hydrogens is 382 g/mol. The Bertz CT molecular complexity index is 1040. The van der Waals surface area contributed by atoms with Gasteiger partial charge in [0.2, 0.25) is 5.91 Å². The van der Waals surface area contributed by atoms with Crippen LogP contribution in [0.4, 0.5) is 4.79 Å². The molecule has 152 valence electrons. The Hall–Kier alpha value is -3.87. The molecule has 0 radical (unpaired) electrons. The van der Waals surface area contributed by atoms with E-state index in [2.05, 4.69) is 17.4 Å². The number of nitrogens with zero attached hydrogens (tertiary/aromatic N) is 1. The molecule has 2 aromatic carbocycles. The quantitative estimate of drug-likeness (QED) is 0.486. The fraction of sp³-hybridized carbons (Fsp3) is 0.174. The van der Waals surface area contributed by atoms with Crippen molar-refractivity contribution in [2.45, 2.75) is 18.4 Å². The Labute approximate surface area is 173 Å². The molecule has 7 heteroatoms. The Morgan fingerprint density at radius 3 is 2.13 bits per heavy atom. The summed E-state index contributed by atoms with van der Waals surface area (Å²) in [6.45, 7) is 0.146. The molecule has 0 saturated heterocycles. The maximum absolute atomic E-state index is 12.4. The highest BCUT2D eigenvalue weighted by molar-refractivity contribution is 5.84. The standard InChI is InChI=1S/C23H21N3O4/c24-22(27)21(13-15-9-11-26(29)12-10-15)25-23(28)30-14-20-18-7-3-1-5-16(18)17-6-2-4-8-19(17)20/h1-12,20-21H,13-14H2,(H2,24,27)(H,25,28)/t21-/m0/s1. The van der Waals surface area contributed by atoms with Gasteiger partial charge < -0.3 is 21.0 Å². The first kappa shape index (κ1) is 19.4. The molecular formula is C23H21N3O4. The molecule has 7 nitrogen and oxygen atoms in total. The molecule has 1 aliphatic rings. The highest BCUT2D eigenvalue weighted by Crippen LogP contribution is 2.44. The van der Waals surface area contributed by atoms with Gasteiger partial charge in [0, 0.05) is 24.5 Å². The lowest BCUT2D eigenvalue weighted by atomic mass is 9.98. The predicted molar refractivity (Wildman–Crippen MR) is 110 cm³/mol. The number of carbonyl (C=O) groups is 2. The molecule has 3 aromatic rings. The van der Waals surface area contributed by atoms with E-state index in [1.54, 1.807) is 12.1 Å². The normalized spacial score (nSPS) is 13.2. The van der Waals surface area contributed by atoms with Crippen molar-refractivity contribution in [3.8, 4) is 11.1 Å². The molecule has 30 heavy (non-hydrogen) atoms. The van der Waals surface area contributed by atoms with Crippen LogP contribution in [0, 0.1) is 5.21 Å². The molecule has 3 N–H and O–H groups in total. The van der Waals surface area contributed by atoms with E-state index in [0.29, 0.717) is 10.3 Å². The summed E-state index contributed by atoms with van der Waals surface area (Å²) in [5, 5.41) is 13.7. The lowest BCUT2D eigenvalue weighted by Gasteiger charge is -2.18. The van der Waals surface area contributed by atoms with Gasteiger partial charge in [-0.1, -0.05) is 48.5 Å². The second-order valence-corrected chi connectivity index (χ2v) is 7.20. The van der Waals surface area contributed by atoms with Gasteiger partial charge in [-0.25, -0.2) is 4.79 Å². The second kappa shape index (κ2) is 8.24. The van der Waals surface area contributed by atoms with E-state index in [1.165, 1.54) is 12.4 Å². The van der Waals surface area contributed by atoms with Gasteiger partial charge in [-0.2, -0.15) is 4.73 Å². The SMILES string of the molecule is NC(=O)[C@H](Cc1cc[n+]([O-])cc1)NC(=O)OCC1c2ccccc2-c2ccccc21. The summed E-state index contributed by atoms with van der Waals surface area (Å²) in [5.74, 6) is -0.751. The Morgan fingerprint density at radius 1 is 1.00 bits per heavy atom. The fourth-order valence-corrected chi connectivity index (χ4v) is 3.82. The summed E-state index contributed by atoms with van der Waals surface area (Å²) < 4.78 is 6.11. The van der Waals surface area contributed by atoms with Crippen molar-refractivity contribution in [2.24, 2.45) is 5.73 Å². The number of benzene rings is 2. The van der Waals surface area contributed by atoms with E-state index in [-0.39, 0.29) is 18.9 Å². The smallest absolute Gasteiger partial charge is 0.407 e. The number of rotatable bonds is 6. The first-order valence-electron chi connectivity index (χ1n) is 9.61. The number of hydrogen-bond donors (Lipinski definition) is 2. The van der Waals surface area contributed by atoms with Crippen molar-refractivity contribution in [3.63, 3.8) is 0 Å². The third kappa shape index (κ3) is 3.96. The zero-order valence-corrected chi connectivity index (χ0v) is 16.2. The van der Waals surface area contributed by atoms with Crippen molar-refractivity contribution in [1.29, 1.82) is 0 Å². The summed E-state index contributed by atoms with van der Waals surface area (Å²) in [4.78, 5) is 24.2. The molecule has 1 heterocycles. The maximum atomic E-state index is 12.4. The van der Waals surface area contributed by atoms with E-state index in [9.17, 15) is 14.8 Å². The Kier molecular flexibility index (Phi) is 5.34. The van der Waals surface area contributed by atoms with Crippen LogP contribution in [0.15, 0.2) is 73.1 Å². The third-order valence-corrected chi connectivity index (χ3v) is 5.29. The molecule has 4 rings (SSSR count). The molecule has 0 unspecified atom stereocenters. The first-order chi connectivity index (χ1) is 14.5. The number of aromatic nitrogens is 1. The van der Waals surface area contributed by atoms with Crippen molar-refractivity contribution in [3.05, 3.63) is 95.0 Å². The number of nitrogens with one attached hydrogen (secondary N) is 1. The van der Waals surface area contributed by atoms with Gasteiger partial charge in [-0.3, -0.25) is 4.79 Å². The summed E-state index contributed by atoms with van der Waals surface area (Å²) in [6.07, 6.45) is 2.09. The predicted octanol–water partition coefficient (Wildman–Crippen LogP) is 2.26. The minimum absolute atomic E-state index is 0.0724. The average molecular weight is 403 g/mol. The van der Waals surface area contributed by atoms with Crippen LogP contribution in [0.3, 0.4) is 0 Å². The van der Waals surface area contributed by atoms with Gasteiger partial charge in [0.05, 0.1) is 0 Å². The molecule has 0 fully saturated rings. The number of alkyl carbamates (subject to hydrolysis) is 1. The number of nitrogens with two attached hydrogens (primary N) is 1. The number of carbonyl (C=O) groups excluding carboxylic acids is 2. The molecule has 1 aromatic heterocycles. The van der Waals surface area contributed by atoms with Gasteiger partial charge in [-0.05, 0) is 27.8 Å². The topological polar surface area (TPSA) is 108 Å². The summed E-state index contributed by atoms with van der Waals surface area (Å²) >= 11 is 0. The van der Waals surface area contributed by atoms with E-state index in [4.69, 9.17) is 10.5 Å². The molecule has 1 atom stereocenters. The van der Waals surface area contributed by atoms with E-state index < -0.39 is 18.0 Å². The first-order valence-corrected chi connectivity index (χ1v) is 9.61. The van der Waals surface area contributed by atoms with Crippen LogP contribution in [0.2, 0.25) is 0 Å². The lowest BCUT2D eigenvalue weighted by molar-refractivity contribution is -0.605. The number of amides is 2. The minimum atomic E-state index is -0.942. The zero-order valence-electron chi connectivity index (χ0n) is 16.2. The van der Waals surface area contributed by atoms with Gasteiger partial charge in [0.1, 0.15) is 12.6 Å². The number of fused-ring (bicyclic) bond motifs is 3. The highest BCUT2D eigenvalue weighted by atomic mass is 16.5. The van der Waals surface area contributed by atoms with Crippen LogP contribution in [0.25, 0.3) is 11.1 Å². The van der Waals surface area contributed by atoms with E-state index in [1.807, 2.05) is 36.4 Å². The molecule has 0 spiro atoms. The highest BCUT2D eigenvalue weighted by Gasteiger charge is 2.29. The minimum Gasteiger partial charge on any atom is -0.619 e. The largest absolute Gasteiger partial charge is 0.619 e. The van der Waals surface area contributed by atoms with Crippen molar-refractivity contribution in [2.75, 3.05) is 6.61 Å². The molecule has 1 aliphatic carbocycles. The van der Waals surface area contributed by atoms with E-state index in [0.717, 1.165) is 22.3 Å². The van der Waals surface area contributed by atoms with Crippen molar-refractivity contribution >= 4 is 12.0 Å². The lowest BCUT2D eigenvalue weighted by Crippen LogP contribution is -2.46. The maximum Gasteiger partial charge on any atom is 0.407 e.